The minimum atomic E-state index is -1.28. The highest BCUT2D eigenvalue weighted by Crippen LogP contribution is 2.28. The van der Waals surface area contributed by atoms with E-state index < -0.39 is 11.8 Å². The van der Waals surface area contributed by atoms with Crippen molar-refractivity contribution in [1.82, 2.24) is 0 Å². The van der Waals surface area contributed by atoms with Gasteiger partial charge in [0, 0.05) is 5.02 Å². The van der Waals surface area contributed by atoms with Crippen molar-refractivity contribution < 1.29 is 14.3 Å². The molecular formula is C14H10ClFO2. The third kappa shape index (κ3) is 2.36. The van der Waals surface area contributed by atoms with E-state index in [4.69, 9.17) is 16.7 Å². The highest BCUT2D eigenvalue weighted by atomic mass is 35.5. The highest BCUT2D eigenvalue weighted by Gasteiger charge is 2.14. The van der Waals surface area contributed by atoms with Crippen LogP contribution in [0.25, 0.3) is 11.1 Å². The van der Waals surface area contributed by atoms with Crippen LogP contribution < -0.4 is 0 Å². The molecule has 2 nitrogen and oxygen atoms in total. The number of halogens is 2. The van der Waals surface area contributed by atoms with Gasteiger partial charge in [-0.25, -0.2) is 9.18 Å². The largest absolute Gasteiger partial charge is 0.478 e. The van der Waals surface area contributed by atoms with Crippen LogP contribution in [-0.2, 0) is 0 Å². The highest BCUT2D eigenvalue weighted by molar-refractivity contribution is 6.30. The van der Waals surface area contributed by atoms with E-state index in [1.54, 1.807) is 31.2 Å². The average molecular weight is 265 g/mol. The molecule has 0 unspecified atom stereocenters. The molecule has 1 N–H and O–H groups in total. The van der Waals surface area contributed by atoms with Gasteiger partial charge in [0.1, 0.15) is 5.82 Å². The molecule has 2 aromatic carbocycles. The van der Waals surface area contributed by atoms with Crippen LogP contribution in [0, 0.1) is 12.7 Å². The third-order valence-corrected chi connectivity index (χ3v) is 2.92. The SMILES string of the molecule is Cc1cc(F)c(C(=O)O)cc1-c1cccc(Cl)c1. The van der Waals surface area contributed by atoms with E-state index in [9.17, 15) is 9.18 Å². The molecule has 0 fully saturated rings. The molecule has 0 heterocycles. The number of carboxylic acids is 1. The van der Waals surface area contributed by atoms with E-state index in [0.29, 0.717) is 16.1 Å². The summed E-state index contributed by atoms with van der Waals surface area (Å²) in [6.07, 6.45) is 0. The van der Waals surface area contributed by atoms with Gasteiger partial charge in [0.25, 0.3) is 0 Å². The van der Waals surface area contributed by atoms with Crippen LogP contribution >= 0.6 is 11.6 Å². The van der Waals surface area contributed by atoms with Gasteiger partial charge >= 0.3 is 5.97 Å². The lowest BCUT2D eigenvalue weighted by atomic mass is 9.98. The van der Waals surface area contributed by atoms with Crippen LogP contribution in [0.5, 0.6) is 0 Å². The van der Waals surface area contributed by atoms with Crippen molar-refractivity contribution >= 4 is 17.6 Å². The Kier molecular flexibility index (Phi) is 3.34. The number of aryl methyl sites for hydroxylation is 1. The van der Waals surface area contributed by atoms with Gasteiger partial charge < -0.3 is 5.11 Å². The second-order valence-corrected chi connectivity index (χ2v) is 4.40. The summed E-state index contributed by atoms with van der Waals surface area (Å²) in [5, 5.41) is 9.47. The Morgan fingerprint density at radius 1 is 1.28 bits per heavy atom. The van der Waals surface area contributed by atoms with E-state index in [1.165, 1.54) is 12.1 Å². The first-order valence-electron chi connectivity index (χ1n) is 5.28. The molecule has 0 aromatic heterocycles. The fourth-order valence-electron chi connectivity index (χ4n) is 1.80. The Bertz CT molecular complexity index is 623. The first-order chi connectivity index (χ1) is 8.49. The Labute approximate surface area is 109 Å². The maximum absolute atomic E-state index is 13.5. The fraction of sp³-hybridized carbons (Fsp3) is 0.0714. The normalized spacial score (nSPS) is 10.4. The van der Waals surface area contributed by atoms with Crippen LogP contribution in [0.3, 0.4) is 0 Å². The Morgan fingerprint density at radius 3 is 2.61 bits per heavy atom. The van der Waals surface area contributed by atoms with Gasteiger partial charge in [-0.1, -0.05) is 23.7 Å². The van der Waals surface area contributed by atoms with E-state index >= 15 is 0 Å². The van der Waals surface area contributed by atoms with Gasteiger partial charge in [-0.05, 0) is 47.9 Å². The predicted octanol–water partition coefficient (Wildman–Crippen LogP) is 4.15. The van der Waals surface area contributed by atoms with Crippen LogP contribution in [0.2, 0.25) is 5.02 Å². The summed E-state index contributed by atoms with van der Waals surface area (Å²) >= 11 is 5.89. The summed E-state index contributed by atoms with van der Waals surface area (Å²) in [6.45, 7) is 1.73. The first kappa shape index (κ1) is 12.6. The minimum absolute atomic E-state index is 0.337. The van der Waals surface area contributed by atoms with Gasteiger partial charge in [0.05, 0.1) is 5.56 Å². The second-order valence-electron chi connectivity index (χ2n) is 3.96. The molecule has 0 saturated carbocycles. The number of hydrogen-bond donors (Lipinski definition) is 1. The molecule has 0 atom stereocenters. The van der Waals surface area contributed by atoms with Crippen molar-refractivity contribution in [2.45, 2.75) is 6.92 Å². The number of carboxylic acid groups (broad SMARTS) is 1. The zero-order valence-electron chi connectivity index (χ0n) is 9.58. The molecule has 0 saturated heterocycles. The Hall–Kier alpha value is -1.87. The minimum Gasteiger partial charge on any atom is -0.478 e. The molecule has 0 bridgehead atoms. The lowest BCUT2D eigenvalue weighted by Gasteiger charge is -2.09. The zero-order chi connectivity index (χ0) is 13.3. The van der Waals surface area contributed by atoms with Crippen LogP contribution in [0.4, 0.5) is 4.39 Å². The number of benzene rings is 2. The summed E-state index contributed by atoms with van der Waals surface area (Å²) < 4.78 is 13.5. The van der Waals surface area contributed by atoms with Gasteiger partial charge in [-0.15, -0.1) is 0 Å². The molecule has 18 heavy (non-hydrogen) atoms. The molecule has 0 spiro atoms. The van der Waals surface area contributed by atoms with Gasteiger partial charge in [-0.2, -0.15) is 0 Å². The molecule has 0 radical (unpaired) electrons. The molecule has 0 amide bonds. The summed E-state index contributed by atoms with van der Waals surface area (Å²) in [5.74, 6) is -2.01. The number of hydrogen-bond acceptors (Lipinski definition) is 1. The lowest BCUT2D eigenvalue weighted by Crippen LogP contribution is -2.02. The quantitative estimate of drug-likeness (QED) is 0.885. The second kappa shape index (κ2) is 4.78. The van der Waals surface area contributed by atoms with Crippen LogP contribution in [0.1, 0.15) is 15.9 Å². The predicted molar refractivity (Wildman–Crippen MR) is 68.5 cm³/mol. The molecule has 0 aliphatic carbocycles. The van der Waals surface area contributed by atoms with Crippen molar-refractivity contribution in [3.63, 3.8) is 0 Å². The third-order valence-electron chi connectivity index (χ3n) is 2.68. The molecule has 0 aliphatic rings. The average Bonchev–Trinajstić information content (AvgIpc) is 2.28. The van der Waals surface area contributed by atoms with Gasteiger partial charge in [0.2, 0.25) is 0 Å². The van der Waals surface area contributed by atoms with Crippen molar-refractivity contribution in [1.29, 1.82) is 0 Å². The number of aromatic carboxylic acids is 1. The zero-order valence-corrected chi connectivity index (χ0v) is 10.3. The molecule has 92 valence electrons. The van der Waals surface area contributed by atoms with Crippen molar-refractivity contribution in [2.24, 2.45) is 0 Å². The topological polar surface area (TPSA) is 37.3 Å². The molecule has 4 heteroatoms. The van der Waals surface area contributed by atoms with Crippen LogP contribution in [0.15, 0.2) is 36.4 Å². The Balaban J connectivity index is 2.64. The smallest absolute Gasteiger partial charge is 0.338 e. The van der Waals surface area contributed by atoms with E-state index in [-0.39, 0.29) is 5.56 Å². The van der Waals surface area contributed by atoms with E-state index in [2.05, 4.69) is 0 Å². The summed E-state index contributed by atoms with van der Waals surface area (Å²) in [7, 11) is 0. The summed E-state index contributed by atoms with van der Waals surface area (Å²) in [5.41, 5.74) is 1.76. The standard InChI is InChI=1S/C14H10ClFO2/c1-8-5-13(16)12(14(17)18)7-11(8)9-3-2-4-10(15)6-9/h2-7H,1H3,(H,17,18). The summed E-state index contributed by atoms with van der Waals surface area (Å²) in [6, 6.07) is 9.56. The Morgan fingerprint density at radius 2 is 2.00 bits per heavy atom. The van der Waals surface area contributed by atoms with Gasteiger partial charge in [0.15, 0.2) is 0 Å². The van der Waals surface area contributed by atoms with Crippen molar-refractivity contribution in [2.75, 3.05) is 0 Å². The monoisotopic (exact) mass is 264 g/mol. The maximum Gasteiger partial charge on any atom is 0.338 e. The van der Waals surface area contributed by atoms with E-state index in [1.807, 2.05) is 0 Å². The van der Waals surface area contributed by atoms with Crippen molar-refractivity contribution in [3.8, 4) is 11.1 Å². The summed E-state index contributed by atoms with van der Waals surface area (Å²) in [4.78, 5) is 10.9. The van der Waals surface area contributed by atoms with Crippen molar-refractivity contribution in [3.05, 3.63) is 58.4 Å². The molecule has 0 aliphatic heterocycles. The molecule has 2 rings (SSSR count). The maximum atomic E-state index is 13.5. The van der Waals surface area contributed by atoms with Crippen LogP contribution in [-0.4, -0.2) is 11.1 Å². The molecule has 2 aromatic rings. The number of carbonyl (C=O) groups is 1. The van der Waals surface area contributed by atoms with Gasteiger partial charge in [-0.3, -0.25) is 0 Å². The fourth-order valence-corrected chi connectivity index (χ4v) is 1.99. The molecular weight excluding hydrogens is 255 g/mol. The lowest BCUT2D eigenvalue weighted by molar-refractivity contribution is 0.0692. The number of rotatable bonds is 2. The van der Waals surface area contributed by atoms with E-state index in [0.717, 1.165) is 5.56 Å². The first-order valence-corrected chi connectivity index (χ1v) is 5.66.